The Morgan fingerprint density at radius 1 is 0.308 bits per heavy atom. The fourth-order valence-electron chi connectivity index (χ4n) is 6.83. The largest absolute Gasteiger partial charge is 0.207 e. The molecular formula is C36H23BF14P. The summed E-state index contributed by atoms with van der Waals surface area (Å²) < 4.78 is 213. The van der Waals surface area contributed by atoms with E-state index in [1.807, 2.05) is 0 Å². The molecule has 0 heterocycles. The lowest BCUT2D eigenvalue weighted by Crippen LogP contribution is -2.61. The molecular weight excluding hydrogens is 740 g/mol. The molecule has 0 amide bonds. The van der Waals surface area contributed by atoms with Crippen LogP contribution in [-0.4, -0.2) is 6.71 Å². The Bertz CT molecular complexity index is 2080. The summed E-state index contributed by atoms with van der Waals surface area (Å²) in [7, 11) is -3.24. The Balaban J connectivity index is 2.01. The van der Waals surface area contributed by atoms with Crippen LogP contribution in [0.25, 0.3) is 0 Å². The van der Waals surface area contributed by atoms with Gasteiger partial charge >= 0.3 is 0 Å². The van der Waals surface area contributed by atoms with Gasteiger partial charge in [0.05, 0.1) is 0 Å². The van der Waals surface area contributed by atoms with Gasteiger partial charge in [-0.1, -0.05) is 35.4 Å². The van der Waals surface area contributed by atoms with E-state index in [2.05, 4.69) is 0 Å². The summed E-state index contributed by atoms with van der Waals surface area (Å²) in [6.45, 7) is 5.74. The molecule has 0 aliphatic heterocycles. The summed E-state index contributed by atoms with van der Waals surface area (Å²) in [5, 5.41) is -0.834. The maximum atomic E-state index is 16.7. The van der Waals surface area contributed by atoms with Gasteiger partial charge in [-0.3, -0.25) is 0 Å². The Kier molecular flexibility index (Phi) is 10.4. The first kappa shape index (κ1) is 38.8. The molecule has 5 aromatic rings. The lowest BCUT2D eigenvalue weighted by molar-refractivity contribution is 0.382. The summed E-state index contributed by atoms with van der Waals surface area (Å²) in [5.41, 5.74) is -4.54. The zero-order valence-corrected chi connectivity index (χ0v) is 28.7. The zero-order chi connectivity index (χ0) is 39.0. The van der Waals surface area contributed by atoms with Gasteiger partial charge in [-0.2, -0.15) is 25.2 Å². The Morgan fingerprint density at radius 2 is 0.519 bits per heavy atom. The zero-order valence-electron chi connectivity index (χ0n) is 27.7. The number of hydrogen-bond acceptors (Lipinski definition) is 0. The molecule has 0 fully saturated rings. The third kappa shape index (κ3) is 5.94. The van der Waals surface area contributed by atoms with Crippen molar-refractivity contribution in [2.24, 2.45) is 0 Å². The second kappa shape index (κ2) is 13.9. The molecule has 16 heteroatoms. The summed E-state index contributed by atoms with van der Waals surface area (Å²) >= 11 is 0. The van der Waals surface area contributed by atoms with Crippen molar-refractivity contribution in [2.75, 3.05) is 0 Å². The highest BCUT2D eigenvalue weighted by Crippen LogP contribution is 2.41. The molecule has 0 saturated carbocycles. The van der Waals surface area contributed by atoms with Crippen LogP contribution in [-0.2, 0) is 0 Å². The van der Waals surface area contributed by atoms with Crippen LogP contribution in [0.1, 0.15) is 33.4 Å². The molecule has 0 saturated heterocycles. The van der Waals surface area contributed by atoms with Crippen molar-refractivity contribution in [3.63, 3.8) is 0 Å². The van der Waals surface area contributed by atoms with Crippen molar-refractivity contribution in [2.45, 2.75) is 41.5 Å². The van der Waals surface area contributed by atoms with E-state index in [1.54, 1.807) is 65.8 Å². The first-order valence-electron chi connectivity index (χ1n) is 15.1. The molecule has 0 aliphatic rings. The molecule has 273 valence electrons. The molecule has 1 radical (unpaired) electrons. The highest BCUT2D eigenvalue weighted by atomic mass is 31.1. The fourth-order valence-corrected chi connectivity index (χ4v) is 10.1. The first-order valence-corrected chi connectivity index (χ1v) is 16.6. The molecule has 0 bridgehead atoms. The van der Waals surface area contributed by atoms with Crippen molar-refractivity contribution < 1.29 is 61.5 Å². The van der Waals surface area contributed by atoms with Gasteiger partial charge in [0.2, 0.25) is 11.6 Å². The van der Waals surface area contributed by atoms with Gasteiger partial charge < -0.3 is 0 Å². The maximum Gasteiger partial charge on any atom is 0.201 e. The van der Waals surface area contributed by atoms with Crippen LogP contribution in [0.2, 0.25) is 0 Å². The predicted molar refractivity (Wildman–Crippen MR) is 172 cm³/mol. The second-order valence-corrected chi connectivity index (χ2v) is 14.6. The average Bonchev–Trinajstić information content (AvgIpc) is 3.06. The molecule has 0 aliphatic carbocycles. The number of aryl methyl sites for hydroxylation is 6. The van der Waals surface area contributed by atoms with E-state index in [1.165, 1.54) is 0 Å². The van der Waals surface area contributed by atoms with Gasteiger partial charge in [0.15, 0.2) is 40.2 Å². The standard InChI is InChI=1S/C36H22BF14P/c1-11-7-13(3)34(14(4)8-11)52(35-15(5)9-12(2)10-16(35)6)36-32(50)24(42)19(25(43)33(36)51)37(17-20(38)26(44)30(48)27(45)21(17)39)18-22(40)28(46)31(49)29(47)23(18)41/h7-10H,1-6H3/q-1/p+1. The van der Waals surface area contributed by atoms with Gasteiger partial charge in [0.1, 0.15) is 53.4 Å². The van der Waals surface area contributed by atoms with E-state index in [9.17, 15) is 26.3 Å². The van der Waals surface area contributed by atoms with Crippen molar-refractivity contribution >= 4 is 46.9 Å². The van der Waals surface area contributed by atoms with Gasteiger partial charge in [-0.05, 0) is 70.5 Å². The molecule has 5 aromatic carbocycles. The summed E-state index contributed by atoms with van der Waals surface area (Å²) in [6.07, 6.45) is 0. The minimum atomic E-state index is -3.88. The van der Waals surface area contributed by atoms with Gasteiger partial charge in [-0.25, -0.2) is 52.7 Å². The van der Waals surface area contributed by atoms with E-state index in [0.29, 0.717) is 33.4 Å². The number of benzene rings is 5. The third-order valence-electron chi connectivity index (χ3n) is 8.75. The van der Waals surface area contributed by atoms with Crippen molar-refractivity contribution in [3.8, 4) is 0 Å². The van der Waals surface area contributed by atoms with Crippen molar-refractivity contribution in [3.05, 3.63) is 139 Å². The Hall–Kier alpha value is -4.39. The molecule has 5 rings (SSSR count). The van der Waals surface area contributed by atoms with Crippen LogP contribution in [0, 0.1) is 123 Å². The van der Waals surface area contributed by atoms with Crippen LogP contribution in [0.5, 0.6) is 0 Å². The molecule has 0 N–H and O–H groups in total. The normalized spacial score (nSPS) is 11.8. The first-order chi connectivity index (χ1) is 24.1. The predicted octanol–water partition coefficient (Wildman–Crippen LogP) is 7.49. The average molecular weight is 763 g/mol. The summed E-state index contributed by atoms with van der Waals surface area (Å²) in [4.78, 5) is 0. The van der Waals surface area contributed by atoms with E-state index >= 15 is 35.1 Å². The lowest BCUT2D eigenvalue weighted by atomic mass is 9.36. The lowest BCUT2D eigenvalue weighted by Gasteiger charge is -2.33. The topological polar surface area (TPSA) is 0 Å². The fraction of sp³-hybridized carbons (Fsp3) is 0.167. The van der Waals surface area contributed by atoms with E-state index in [4.69, 9.17) is 0 Å². The number of rotatable bonds is 6. The van der Waals surface area contributed by atoms with Gasteiger partial charge in [-0.15, -0.1) is 0 Å². The van der Waals surface area contributed by atoms with E-state index in [-0.39, 0.29) is 10.6 Å². The van der Waals surface area contributed by atoms with Crippen LogP contribution in [0.3, 0.4) is 0 Å². The Labute approximate surface area is 288 Å². The van der Waals surface area contributed by atoms with E-state index < -0.39 is 118 Å². The monoisotopic (exact) mass is 763 g/mol. The molecule has 0 unspecified atom stereocenters. The highest BCUT2D eigenvalue weighted by molar-refractivity contribution is 7.80. The molecule has 0 aromatic heterocycles. The quantitative estimate of drug-likeness (QED) is 0.0554. The molecule has 0 spiro atoms. The summed E-state index contributed by atoms with van der Waals surface area (Å²) in [5.74, 6) is -39.4. The second-order valence-electron chi connectivity index (χ2n) is 12.4. The molecule has 52 heavy (non-hydrogen) atoms. The minimum absolute atomic E-state index is 0.228. The van der Waals surface area contributed by atoms with Crippen molar-refractivity contribution in [1.82, 2.24) is 0 Å². The van der Waals surface area contributed by atoms with Crippen molar-refractivity contribution in [1.29, 1.82) is 0 Å². The molecule has 0 atom stereocenters. The highest BCUT2D eigenvalue weighted by Gasteiger charge is 2.42. The Morgan fingerprint density at radius 3 is 0.769 bits per heavy atom. The minimum Gasteiger partial charge on any atom is -0.207 e. The van der Waals surface area contributed by atoms with Crippen LogP contribution in [0.15, 0.2) is 24.3 Å². The van der Waals surface area contributed by atoms with Crippen LogP contribution < -0.4 is 32.3 Å². The van der Waals surface area contributed by atoms with E-state index in [0.717, 1.165) is 0 Å². The smallest absolute Gasteiger partial charge is 0.201 e. The van der Waals surface area contributed by atoms with Crippen LogP contribution in [0.4, 0.5) is 61.5 Å². The van der Waals surface area contributed by atoms with Gasteiger partial charge in [0.25, 0.3) is 0 Å². The third-order valence-corrected chi connectivity index (χ3v) is 12.3. The van der Waals surface area contributed by atoms with Crippen LogP contribution >= 0.6 is 7.92 Å². The maximum absolute atomic E-state index is 16.7. The van der Waals surface area contributed by atoms with Gasteiger partial charge in [0, 0.05) is 0 Å². The number of hydrogen-bond donors (Lipinski definition) is 0. The molecule has 0 nitrogen and oxygen atoms in total. The number of halogens is 14. The summed E-state index contributed by atoms with van der Waals surface area (Å²) in [6, 6.07) is 6.46. The SMILES string of the molecule is Cc1cc(C)c([PH+](c2c(C)cc(C)cc2C)c2c(F)c(F)c([B-](c3c(F)c(F)c(F)c(F)c3F)c3c(F)c(F)c(F)c(F)c3F)c(F)c2F)c(C)c1.